The smallest absolute Gasteiger partial charge is 0.0386 e. The molecule has 1 aliphatic heterocycles. The SMILES string of the molecule is C=C(C)C[C@H](c1ccc(C(C)C)cc1)N1CCNCC1. The summed E-state index contributed by atoms with van der Waals surface area (Å²) < 4.78 is 0. The Morgan fingerprint density at radius 1 is 1.15 bits per heavy atom. The second kappa shape index (κ2) is 7.05. The van der Waals surface area contributed by atoms with Gasteiger partial charge in [-0.1, -0.05) is 43.7 Å². The second-order valence-corrected chi connectivity index (χ2v) is 6.28. The zero-order chi connectivity index (χ0) is 14.5. The molecule has 0 radical (unpaired) electrons. The van der Waals surface area contributed by atoms with Crippen LogP contribution in [0.4, 0.5) is 0 Å². The number of rotatable bonds is 5. The van der Waals surface area contributed by atoms with E-state index in [4.69, 9.17) is 0 Å². The van der Waals surface area contributed by atoms with Crippen molar-refractivity contribution in [3.63, 3.8) is 0 Å². The van der Waals surface area contributed by atoms with Gasteiger partial charge in [-0.3, -0.25) is 4.90 Å². The van der Waals surface area contributed by atoms with E-state index in [1.165, 1.54) is 16.7 Å². The molecule has 1 atom stereocenters. The third kappa shape index (κ3) is 3.94. The average Bonchev–Trinajstić information content (AvgIpc) is 2.45. The Hall–Kier alpha value is -1.12. The summed E-state index contributed by atoms with van der Waals surface area (Å²) in [4.78, 5) is 2.59. The van der Waals surface area contributed by atoms with Crippen LogP contribution >= 0.6 is 0 Å². The van der Waals surface area contributed by atoms with Crippen molar-refractivity contribution in [3.05, 3.63) is 47.5 Å². The van der Waals surface area contributed by atoms with E-state index in [1.54, 1.807) is 0 Å². The molecule has 1 fully saturated rings. The van der Waals surface area contributed by atoms with Crippen molar-refractivity contribution >= 4 is 0 Å². The van der Waals surface area contributed by atoms with E-state index in [-0.39, 0.29) is 0 Å². The first-order valence-corrected chi connectivity index (χ1v) is 7.77. The van der Waals surface area contributed by atoms with Gasteiger partial charge in [0.2, 0.25) is 0 Å². The Balaban J connectivity index is 2.18. The lowest BCUT2D eigenvalue weighted by Crippen LogP contribution is -2.45. The summed E-state index contributed by atoms with van der Waals surface area (Å²) in [7, 11) is 0. The van der Waals surface area contributed by atoms with Crippen LogP contribution in [0, 0.1) is 0 Å². The highest BCUT2D eigenvalue weighted by Gasteiger charge is 2.22. The zero-order valence-corrected chi connectivity index (χ0v) is 13.2. The van der Waals surface area contributed by atoms with E-state index in [0.29, 0.717) is 12.0 Å². The van der Waals surface area contributed by atoms with E-state index in [1.807, 2.05) is 0 Å². The van der Waals surface area contributed by atoms with Gasteiger partial charge in [0.05, 0.1) is 0 Å². The number of hydrogen-bond donors (Lipinski definition) is 1. The fourth-order valence-electron chi connectivity index (χ4n) is 2.88. The molecule has 20 heavy (non-hydrogen) atoms. The zero-order valence-electron chi connectivity index (χ0n) is 13.2. The highest BCUT2D eigenvalue weighted by molar-refractivity contribution is 5.28. The molecule has 1 heterocycles. The lowest BCUT2D eigenvalue weighted by atomic mass is 9.95. The van der Waals surface area contributed by atoms with Crippen LogP contribution in [0.5, 0.6) is 0 Å². The summed E-state index contributed by atoms with van der Waals surface area (Å²) in [6.45, 7) is 15.2. The van der Waals surface area contributed by atoms with Crippen LogP contribution in [0.2, 0.25) is 0 Å². The molecule has 1 aliphatic rings. The van der Waals surface area contributed by atoms with Crippen LogP contribution in [0.25, 0.3) is 0 Å². The largest absolute Gasteiger partial charge is 0.314 e. The Kier molecular flexibility index (Phi) is 5.38. The van der Waals surface area contributed by atoms with Gasteiger partial charge < -0.3 is 5.32 Å². The van der Waals surface area contributed by atoms with Crippen LogP contribution < -0.4 is 5.32 Å². The number of nitrogens with zero attached hydrogens (tertiary/aromatic N) is 1. The van der Waals surface area contributed by atoms with E-state index in [0.717, 1.165) is 32.6 Å². The predicted molar refractivity (Wildman–Crippen MR) is 87.1 cm³/mol. The quantitative estimate of drug-likeness (QED) is 0.822. The molecule has 0 aliphatic carbocycles. The van der Waals surface area contributed by atoms with Crippen molar-refractivity contribution in [2.24, 2.45) is 0 Å². The number of nitrogens with one attached hydrogen (secondary N) is 1. The van der Waals surface area contributed by atoms with Gasteiger partial charge in [0.1, 0.15) is 0 Å². The third-order valence-electron chi connectivity index (χ3n) is 4.12. The van der Waals surface area contributed by atoms with Crippen molar-refractivity contribution in [2.45, 2.75) is 39.2 Å². The molecular formula is C18H28N2. The molecule has 2 heteroatoms. The first kappa shape index (κ1) is 15.3. The summed E-state index contributed by atoms with van der Waals surface area (Å²) >= 11 is 0. The van der Waals surface area contributed by atoms with Gasteiger partial charge in [-0.2, -0.15) is 0 Å². The van der Waals surface area contributed by atoms with Crippen molar-refractivity contribution in [3.8, 4) is 0 Å². The van der Waals surface area contributed by atoms with Gasteiger partial charge in [-0.05, 0) is 30.4 Å². The van der Waals surface area contributed by atoms with Gasteiger partial charge in [-0.25, -0.2) is 0 Å². The van der Waals surface area contributed by atoms with Gasteiger partial charge in [0, 0.05) is 32.2 Å². The van der Waals surface area contributed by atoms with Crippen LogP contribution in [0.1, 0.15) is 50.3 Å². The van der Waals surface area contributed by atoms with Crippen LogP contribution in [0.15, 0.2) is 36.4 Å². The molecule has 0 unspecified atom stereocenters. The van der Waals surface area contributed by atoms with Gasteiger partial charge >= 0.3 is 0 Å². The number of benzene rings is 1. The molecule has 110 valence electrons. The Bertz CT molecular complexity index is 427. The minimum Gasteiger partial charge on any atom is -0.314 e. The summed E-state index contributed by atoms with van der Waals surface area (Å²) in [6, 6.07) is 9.67. The maximum Gasteiger partial charge on any atom is 0.0386 e. The Labute approximate surface area is 123 Å². The molecule has 0 saturated carbocycles. The first-order valence-electron chi connectivity index (χ1n) is 7.77. The fourth-order valence-corrected chi connectivity index (χ4v) is 2.88. The second-order valence-electron chi connectivity index (χ2n) is 6.28. The first-order chi connectivity index (χ1) is 9.58. The molecule has 0 bridgehead atoms. The topological polar surface area (TPSA) is 15.3 Å². The van der Waals surface area contributed by atoms with Crippen LogP contribution in [-0.2, 0) is 0 Å². The van der Waals surface area contributed by atoms with Crippen molar-refractivity contribution in [1.29, 1.82) is 0 Å². The van der Waals surface area contributed by atoms with Crippen LogP contribution in [0.3, 0.4) is 0 Å². The van der Waals surface area contributed by atoms with Crippen molar-refractivity contribution in [1.82, 2.24) is 10.2 Å². The molecule has 1 aromatic carbocycles. The van der Waals surface area contributed by atoms with E-state index < -0.39 is 0 Å². The predicted octanol–water partition coefficient (Wildman–Crippen LogP) is 3.72. The van der Waals surface area contributed by atoms with E-state index in [9.17, 15) is 0 Å². The molecule has 1 aromatic rings. The molecule has 1 N–H and O–H groups in total. The highest BCUT2D eigenvalue weighted by atomic mass is 15.2. The fraction of sp³-hybridized carbons (Fsp3) is 0.556. The van der Waals surface area contributed by atoms with E-state index in [2.05, 4.69) is 61.8 Å². The minimum atomic E-state index is 0.482. The molecule has 0 aromatic heterocycles. The van der Waals surface area contributed by atoms with Gasteiger partial charge in [0.15, 0.2) is 0 Å². The minimum absolute atomic E-state index is 0.482. The van der Waals surface area contributed by atoms with Gasteiger partial charge in [-0.15, -0.1) is 6.58 Å². The lowest BCUT2D eigenvalue weighted by molar-refractivity contribution is 0.172. The maximum absolute atomic E-state index is 4.12. The summed E-state index contributed by atoms with van der Waals surface area (Å²) in [5, 5.41) is 3.43. The summed E-state index contributed by atoms with van der Waals surface area (Å²) in [6.07, 6.45) is 1.06. The molecule has 1 saturated heterocycles. The average molecular weight is 272 g/mol. The molecule has 0 spiro atoms. The third-order valence-corrected chi connectivity index (χ3v) is 4.12. The monoisotopic (exact) mass is 272 g/mol. The Morgan fingerprint density at radius 3 is 2.20 bits per heavy atom. The van der Waals surface area contributed by atoms with Crippen LogP contribution in [-0.4, -0.2) is 31.1 Å². The number of hydrogen-bond acceptors (Lipinski definition) is 2. The summed E-state index contributed by atoms with van der Waals surface area (Å²) in [5.74, 6) is 0.600. The molecule has 0 amide bonds. The van der Waals surface area contributed by atoms with Gasteiger partial charge in [0.25, 0.3) is 0 Å². The Morgan fingerprint density at radius 2 is 1.70 bits per heavy atom. The van der Waals surface area contributed by atoms with E-state index >= 15 is 0 Å². The molecular weight excluding hydrogens is 244 g/mol. The lowest BCUT2D eigenvalue weighted by Gasteiger charge is -2.35. The van der Waals surface area contributed by atoms with Crippen molar-refractivity contribution in [2.75, 3.05) is 26.2 Å². The maximum atomic E-state index is 4.12. The number of piperazine rings is 1. The normalized spacial score (nSPS) is 18.2. The molecule has 2 nitrogen and oxygen atoms in total. The molecule has 2 rings (SSSR count). The van der Waals surface area contributed by atoms with Crippen molar-refractivity contribution < 1.29 is 0 Å². The standard InChI is InChI=1S/C18H28N2/c1-14(2)13-18(20-11-9-19-10-12-20)17-7-5-16(6-8-17)15(3)4/h5-8,15,18-19H,1,9-13H2,2-4H3/t18-/m1/s1. The summed E-state index contributed by atoms with van der Waals surface area (Å²) in [5.41, 5.74) is 4.11. The highest BCUT2D eigenvalue weighted by Crippen LogP contribution is 2.28.